The Kier molecular flexibility index (Phi) is 3.97. The molecule has 1 aliphatic rings. The van der Waals surface area contributed by atoms with Crippen LogP contribution in [0.4, 0.5) is 0 Å². The van der Waals surface area contributed by atoms with Gasteiger partial charge in [0.25, 0.3) is 0 Å². The van der Waals surface area contributed by atoms with E-state index in [2.05, 4.69) is 22.0 Å². The van der Waals surface area contributed by atoms with Crippen molar-refractivity contribution in [2.45, 2.75) is 12.5 Å². The number of hydrogen-bond acceptors (Lipinski definition) is 3. The van der Waals surface area contributed by atoms with Gasteiger partial charge in [-0.05, 0) is 17.7 Å². The Bertz CT molecular complexity index is 601. The number of likely N-dealkylation sites (tertiary alicyclic amines) is 1. The van der Waals surface area contributed by atoms with E-state index in [0.29, 0.717) is 6.54 Å². The average molecular weight is 282 g/mol. The van der Waals surface area contributed by atoms with Crippen molar-refractivity contribution >= 4 is 5.97 Å². The number of nitrogens with zero attached hydrogens (tertiary/aromatic N) is 2. The second kappa shape index (κ2) is 6.06. The third-order valence-corrected chi connectivity index (χ3v) is 4.03. The molecule has 1 aliphatic heterocycles. The van der Waals surface area contributed by atoms with Gasteiger partial charge in [0.05, 0.1) is 5.92 Å². The molecular formula is C17H18N2O2. The van der Waals surface area contributed by atoms with Crippen LogP contribution in [-0.2, 0) is 11.3 Å². The highest BCUT2D eigenvalue weighted by atomic mass is 16.4. The third kappa shape index (κ3) is 3.11. The number of carboxylic acids is 1. The minimum absolute atomic E-state index is 0.0348. The van der Waals surface area contributed by atoms with Gasteiger partial charge in [-0.25, -0.2) is 0 Å². The van der Waals surface area contributed by atoms with Crippen LogP contribution in [0.25, 0.3) is 0 Å². The van der Waals surface area contributed by atoms with Crippen LogP contribution in [0.5, 0.6) is 0 Å². The average Bonchev–Trinajstić information content (AvgIpc) is 2.93. The summed E-state index contributed by atoms with van der Waals surface area (Å²) in [5.74, 6) is -1.16. The molecule has 2 atom stereocenters. The topological polar surface area (TPSA) is 53.4 Å². The van der Waals surface area contributed by atoms with Crippen molar-refractivity contribution in [3.63, 3.8) is 0 Å². The van der Waals surface area contributed by atoms with E-state index in [1.807, 2.05) is 36.4 Å². The number of carbonyl (C=O) groups is 1. The first-order valence-electron chi connectivity index (χ1n) is 7.14. The van der Waals surface area contributed by atoms with Crippen molar-refractivity contribution in [3.8, 4) is 0 Å². The Labute approximate surface area is 124 Å². The SMILES string of the molecule is O=C(O)[C@@H]1CN(Cc2ccccc2)C[C@@H]1c1ccccn1. The van der Waals surface area contributed by atoms with E-state index >= 15 is 0 Å². The summed E-state index contributed by atoms with van der Waals surface area (Å²) >= 11 is 0. The molecule has 3 rings (SSSR count). The molecule has 4 nitrogen and oxygen atoms in total. The number of aliphatic carboxylic acids is 1. The molecule has 21 heavy (non-hydrogen) atoms. The molecule has 0 unspecified atom stereocenters. The quantitative estimate of drug-likeness (QED) is 0.935. The predicted octanol–water partition coefficient (Wildman–Crippen LogP) is 2.38. The van der Waals surface area contributed by atoms with Crippen molar-refractivity contribution in [1.82, 2.24) is 9.88 Å². The van der Waals surface area contributed by atoms with Crippen molar-refractivity contribution in [3.05, 3.63) is 66.0 Å². The van der Waals surface area contributed by atoms with E-state index in [0.717, 1.165) is 18.8 Å². The molecule has 0 amide bonds. The largest absolute Gasteiger partial charge is 0.481 e. The molecule has 108 valence electrons. The number of benzene rings is 1. The zero-order valence-corrected chi connectivity index (χ0v) is 11.7. The van der Waals surface area contributed by atoms with Crippen LogP contribution in [0, 0.1) is 5.92 Å². The minimum atomic E-state index is -0.735. The fraction of sp³-hybridized carbons (Fsp3) is 0.294. The van der Waals surface area contributed by atoms with Gasteiger partial charge < -0.3 is 5.11 Å². The summed E-state index contributed by atoms with van der Waals surface area (Å²) in [5.41, 5.74) is 2.09. The van der Waals surface area contributed by atoms with Gasteiger partial charge in [0.1, 0.15) is 0 Å². The third-order valence-electron chi connectivity index (χ3n) is 4.03. The van der Waals surface area contributed by atoms with E-state index in [1.165, 1.54) is 5.56 Å². The lowest BCUT2D eigenvalue weighted by Crippen LogP contribution is -2.23. The zero-order chi connectivity index (χ0) is 14.7. The van der Waals surface area contributed by atoms with Crippen LogP contribution < -0.4 is 0 Å². The summed E-state index contributed by atoms with van der Waals surface area (Å²) in [4.78, 5) is 18.1. The molecule has 1 N–H and O–H groups in total. The van der Waals surface area contributed by atoms with Crippen LogP contribution in [-0.4, -0.2) is 34.0 Å². The molecule has 0 bridgehead atoms. The first-order chi connectivity index (χ1) is 10.2. The fourth-order valence-corrected chi connectivity index (χ4v) is 3.00. The Morgan fingerprint density at radius 3 is 2.57 bits per heavy atom. The van der Waals surface area contributed by atoms with E-state index < -0.39 is 5.97 Å². The lowest BCUT2D eigenvalue weighted by Gasteiger charge is -2.15. The van der Waals surface area contributed by atoms with Gasteiger partial charge in [-0.2, -0.15) is 0 Å². The van der Waals surface area contributed by atoms with Crippen LogP contribution in [0.2, 0.25) is 0 Å². The van der Waals surface area contributed by atoms with Crippen molar-refractivity contribution in [2.24, 2.45) is 5.92 Å². The normalized spacial score (nSPS) is 22.3. The molecule has 4 heteroatoms. The Morgan fingerprint density at radius 1 is 1.14 bits per heavy atom. The molecule has 0 spiro atoms. The highest BCUT2D eigenvalue weighted by molar-refractivity contribution is 5.72. The molecular weight excluding hydrogens is 264 g/mol. The van der Waals surface area contributed by atoms with Crippen molar-refractivity contribution in [1.29, 1.82) is 0 Å². The Hall–Kier alpha value is -2.20. The van der Waals surface area contributed by atoms with E-state index in [-0.39, 0.29) is 11.8 Å². The highest BCUT2D eigenvalue weighted by Crippen LogP contribution is 2.32. The summed E-state index contributed by atoms with van der Waals surface area (Å²) in [5, 5.41) is 9.47. The summed E-state index contributed by atoms with van der Waals surface area (Å²) in [6.07, 6.45) is 1.73. The van der Waals surface area contributed by atoms with E-state index in [4.69, 9.17) is 0 Å². The summed E-state index contributed by atoms with van der Waals surface area (Å²) in [7, 11) is 0. The maximum atomic E-state index is 11.5. The first-order valence-corrected chi connectivity index (χ1v) is 7.14. The van der Waals surface area contributed by atoms with Gasteiger partial charge >= 0.3 is 5.97 Å². The molecule has 0 saturated carbocycles. The minimum Gasteiger partial charge on any atom is -0.481 e. The molecule has 2 heterocycles. The molecule has 1 aromatic heterocycles. The fourth-order valence-electron chi connectivity index (χ4n) is 3.00. The summed E-state index contributed by atoms with van der Waals surface area (Å²) < 4.78 is 0. The molecule has 1 fully saturated rings. The predicted molar refractivity (Wildman–Crippen MR) is 79.8 cm³/mol. The van der Waals surface area contributed by atoms with Gasteiger partial charge in [0.2, 0.25) is 0 Å². The smallest absolute Gasteiger partial charge is 0.308 e. The lowest BCUT2D eigenvalue weighted by atomic mass is 9.93. The summed E-state index contributed by atoms with van der Waals surface area (Å²) in [6, 6.07) is 15.9. The van der Waals surface area contributed by atoms with Crippen LogP contribution >= 0.6 is 0 Å². The second-order valence-corrected chi connectivity index (χ2v) is 5.49. The van der Waals surface area contributed by atoms with E-state index in [1.54, 1.807) is 6.20 Å². The Morgan fingerprint density at radius 2 is 1.90 bits per heavy atom. The number of carboxylic acid groups (broad SMARTS) is 1. The molecule has 2 aromatic rings. The first kappa shape index (κ1) is 13.8. The standard InChI is InChI=1S/C17H18N2O2/c20-17(21)15-12-19(10-13-6-2-1-3-7-13)11-14(15)16-8-4-5-9-18-16/h1-9,14-15H,10-12H2,(H,20,21)/t14-,15+/m0/s1. The van der Waals surface area contributed by atoms with Crippen molar-refractivity contribution < 1.29 is 9.90 Å². The second-order valence-electron chi connectivity index (χ2n) is 5.49. The number of hydrogen-bond donors (Lipinski definition) is 1. The van der Waals surface area contributed by atoms with Gasteiger partial charge in [-0.3, -0.25) is 14.7 Å². The highest BCUT2D eigenvalue weighted by Gasteiger charge is 2.39. The van der Waals surface area contributed by atoms with Crippen LogP contribution in [0.15, 0.2) is 54.7 Å². The molecule has 0 radical (unpaired) electrons. The Balaban J connectivity index is 1.77. The van der Waals surface area contributed by atoms with Crippen LogP contribution in [0.3, 0.4) is 0 Å². The molecule has 1 aromatic carbocycles. The zero-order valence-electron chi connectivity index (χ0n) is 11.7. The van der Waals surface area contributed by atoms with Crippen LogP contribution in [0.1, 0.15) is 17.2 Å². The van der Waals surface area contributed by atoms with Gasteiger partial charge in [-0.15, -0.1) is 0 Å². The number of pyridine rings is 1. The van der Waals surface area contributed by atoms with E-state index in [9.17, 15) is 9.90 Å². The maximum Gasteiger partial charge on any atom is 0.308 e. The number of aromatic nitrogens is 1. The number of rotatable bonds is 4. The maximum absolute atomic E-state index is 11.5. The molecule has 1 saturated heterocycles. The summed E-state index contributed by atoms with van der Waals surface area (Å²) in [6.45, 7) is 2.10. The van der Waals surface area contributed by atoms with Gasteiger partial charge in [0, 0.05) is 37.4 Å². The van der Waals surface area contributed by atoms with Gasteiger partial charge in [0.15, 0.2) is 0 Å². The van der Waals surface area contributed by atoms with Crippen molar-refractivity contribution in [2.75, 3.05) is 13.1 Å². The van der Waals surface area contributed by atoms with Gasteiger partial charge in [-0.1, -0.05) is 36.4 Å². The monoisotopic (exact) mass is 282 g/mol. The molecule has 0 aliphatic carbocycles. The lowest BCUT2D eigenvalue weighted by molar-refractivity contribution is -0.141.